The highest BCUT2D eigenvalue weighted by atomic mass is 32.2. The molecule has 0 fully saturated rings. The maximum absolute atomic E-state index is 11.2. The number of nitrogens with two attached hydrogens (primary N) is 1. The Morgan fingerprint density at radius 3 is 2.78 bits per heavy atom. The first-order valence-corrected chi connectivity index (χ1v) is 5.60. The van der Waals surface area contributed by atoms with Gasteiger partial charge in [0.15, 0.2) is 5.16 Å². The van der Waals surface area contributed by atoms with Gasteiger partial charge in [0.2, 0.25) is 0 Å². The number of carbonyl (C=O) groups is 1. The van der Waals surface area contributed by atoms with Crippen molar-refractivity contribution in [2.75, 3.05) is 5.73 Å². The summed E-state index contributed by atoms with van der Waals surface area (Å²) < 4.78 is 0. The average Bonchev–Trinajstić information content (AvgIpc) is 2.28. The van der Waals surface area contributed by atoms with E-state index in [0.717, 1.165) is 11.8 Å². The highest BCUT2D eigenvalue weighted by molar-refractivity contribution is 7.99. The van der Waals surface area contributed by atoms with Crippen molar-refractivity contribution < 1.29 is 9.90 Å². The van der Waals surface area contributed by atoms with Gasteiger partial charge in [-0.2, -0.15) is 0 Å². The number of carboxylic acid groups (broad SMARTS) is 1. The molecule has 18 heavy (non-hydrogen) atoms. The van der Waals surface area contributed by atoms with E-state index in [1.807, 2.05) is 0 Å². The molecule has 0 spiro atoms. The highest BCUT2D eigenvalue weighted by Crippen LogP contribution is 2.21. The number of nitrogens with zero attached hydrogens (tertiary/aromatic N) is 2. The number of nitrogen functional groups attached to an aromatic ring is 1. The Balaban J connectivity index is 2.23. The van der Waals surface area contributed by atoms with Crippen LogP contribution in [-0.2, 0) is 0 Å². The number of rotatable bonds is 3. The fourth-order valence-electron chi connectivity index (χ4n) is 1.17. The van der Waals surface area contributed by atoms with Gasteiger partial charge in [0.05, 0.1) is 5.56 Å². The van der Waals surface area contributed by atoms with E-state index in [1.165, 1.54) is 24.4 Å². The first-order valence-electron chi connectivity index (χ1n) is 4.78. The van der Waals surface area contributed by atoms with Gasteiger partial charge in [-0.05, 0) is 23.9 Å². The van der Waals surface area contributed by atoms with Crippen LogP contribution in [0.4, 0.5) is 5.82 Å². The standard InChI is InChI=1S/C10H8N4O3S/c11-6-3-7(15)14-10(13-6)18-8-2-1-5(4-12-8)9(16)17/h1-4H,(H,16,17)(H3,11,13,14,15). The molecule has 0 aliphatic rings. The van der Waals surface area contributed by atoms with E-state index in [0.29, 0.717) is 10.2 Å². The van der Waals surface area contributed by atoms with Crippen molar-refractivity contribution in [2.45, 2.75) is 10.2 Å². The van der Waals surface area contributed by atoms with Crippen LogP contribution in [0.2, 0.25) is 0 Å². The topological polar surface area (TPSA) is 122 Å². The fraction of sp³-hybridized carbons (Fsp3) is 0. The van der Waals surface area contributed by atoms with Gasteiger partial charge in [-0.1, -0.05) is 0 Å². The molecule has 0 saturated carbocycles. The van der Waals surface area contributed by atoms with Crippen molar-refractivity contribution in [1.82, 2.24) is 15.0 Å². The SMILES string of the molecule is Nc1cc(=O)[nH]c(Sc2ccc(C(=O)O)cn2)n1. The lowest BCUT2D eigenvalue weighted by Crippen LogP contribution is -2.09. The molecule has 0 aromatic carbocycles. The van der Waals surface area contributed by atoms with Gasteiger partial charge < -0.3 is 15.8 Å². The zero-order valence-electron chi connectivity index (χ0n) is 8.95. The summed E-state index contributed by atoms with van der Waals surface area (Å²) in [6.07, 6.45) is 1.23. The van der Waals surface area contributed by atoms with Gasteiger partial charge in [0.1, 0.15) is 10.8 Å². The Bertz CT molecular complexity index is 638. The molecule has 0 atom stereocenters. The zero-order chi connectivity index (χ0) is 13.1. The summed E-state index contributed by atoms with van der Waals surface area (Å²) in [5, 5.41) is 9.52. The number of aromatic carboxylic acids is 1. The summed E-state index contributed by atoms with van der Waals surface area (Å²) in [6.45, 7) is 0. The molecule has 4 N–H and O–H groups in total. The van der Waals surface area contributed by atoms with Crippen molar-refractivity contribution in [2.24, 2.45) is 0 Å². The number of aromatic amines is 1. The number of hydrogen-bond acceptors (Lipinski definition) is 6. The van der Waals surface area contributed by atoms with E-state index < -0.39 is 5.97 Å². The van der Waals surface area contributed by atoms with E-state index in [-0.39, 0.29) is 16.9 Å². The third kappa shape index (κ3) is 2.86. The van der Waals surface area contributed by atoms with Gasteiger partial charge in [-0.25, -0.2) is 14.8 Å². The van der Waals surface area contributed by atoms with Crippen molar-refractivity contribution in [3.8, 4) is 0 Å². The normalized spacial score (nSPS) is 10.2. The first-order chi connectivity index (χ1) is 8.54. The lowest BCUT2D eigenvalue weighted by atomic mass is 10.3. The molecule has 2 rings (SSSR count). The molecule has 92 valence electrons. The third-order valence-electron chi connectivity index (χ3n) is 1.92. The zero-order valence-corrected chi connectivity index (χ0v) is 9.77. The smallest absolute Gasteiger partial charge is 0.337 e. The molecule has 0 amide bonds. The Morgan fingerprint density at radius 2 is 2.22 bits per heavy atom. The highest BCUT2D eigenvalue weighted by Gasteiger charge is 2.06. The molecule has 2 aromatic heterocycles. The second-order valence-corrected chi connectivity index (χ2v) is 4.28. The van der Waals surface area contributed by atoms with Crippen LogP contribution in [0.15, 0.2) is 39.4 Å². The molecule has 0 aliphatic carbocycles. The number of pyridine rings is 1. The monoisotopic (exact) mass is 264 g/mol. The Kier molecular flexibility index (Phi) is 3.28. The van der Waals surface area contributed by atoms with Crippen molar-refractivity contribution in [1.29, 1.82) is 0 Å². The number of aromatic nitrogens is 3. The van der Waals surface area contributed by atoms with E-state index in [9.17, 15) is 9.59 Å². The lowest BCUT2D eigenvalue weighted by Gasteiger charge is -2.01. The molecule has 0 radical (unpaired) electrons. The van der Waals surface area contributed by atoms with Crippen LogP contribution in [0.25, 0.3) is 0 Å². The summed E-state index contributed by atoms with van der Waals surface area (Å²) in [6, 6.07) is 4.12. The van der Waals surface area contributed by atoms with Gasteiger partial charge in [-0.3, -0.25) is 4.79 Å². The molecule has 0 unspecified atom stereocenters. The minimum absolute atomic E-state index is 0.0911. The predicted molar refractivity (Wildman–Crippen MR) is 64.6 cm³/mol. The molecular formula is C10H8N4O3S. The van der Waals surface area contributed by atoms with Crippen LogP contribution in [0.5, 0.6) is 0 Å². The fourth-order valence-corrected chi connectivity index (χ4v) is 1.91. The first kappa shape index (κ1) is 12.1. The molecule has 0 aliphatic heterocycles. The van der Waals surface area contributed by atoms with Gasteiger partial charge in [-0.15, -0.1) is 0 Å². The summed E-state index contributed by atoms with van der Waals surface area (Å²) in [5.41, 5.74) is 5.17. The molecule has 8 heteroatoms. The molecule has 2 aromatic rings. The maximum Gasteiger partial charge on any atom is 0.337 e. The minimum Gasteiger partial charge on any atom is -0.478 e. The predicted octanol–water partition coefficient (Wildman–Crippen LogP) is 0.596. The lowest BCUT2D eigenvalue weighted by molar-refractivity contribution is 0.0696. The summed E-state index contributed by atoms with van der Waals surface area (Å²) in [7, 11) is 0. The number of hydrogen-bond donors (Lipinski definition) is 3. The Labute approximate surface area is 105 Å². The summed E-state index contributed by atoms with van der Waals surface area (Å²) in [4.78, 5) is 32.1. The van der Waals surface area contributed by atoms with Crippen LogP contribution >= 0.6 is 11.8 Å². The van der Waals surface area contributed by atoms with Crippen molar-refractivity contribution in [3.05, 3.63) is 40.3 Å². The van der Waals surface area contributed by atoms with E-state index >= 15 is 0 Å². The van der Waals surface area contributed by atoms with Gasteiger partial charge in [0.25, 0.3) is 5.56 Å². The average molecular weight is 264 g/mol. The number of H-pyrrole nitrogens is 1. The van der Waals surface area contributed by atoms with E-state index in [1.54, 1.807) is 0 Å². The van der Waals surface area contributed by atoms with Gasteiger partial charge in [0, 0.05) is 12.3 Å². The second kappa shape index (κ2) is 4.88. The van der Waals surface area contributed by atoms with E-state index in [2.05, 4.69) is 15.0 Å². The van der Waals surface area contributed by atoms with Crippen LogP contribution in [-0.4, -0.2) is 26.0 Å². The summed E-state index contributed by atoms with van der Waals surface area (Å²) >= 11 is 1.09. The van der Waals surface area contributed by atoms with Crippen LogP contribution in [0, 0.1) is 0 Å². The van der Waals surface area contributed by atoms with E-state index in [4.69, 9.17) is 10.8 Å². The van der Waals surface area contributed by atoms with Crippen molar-refractivity contribution in [3.63, 3.8) is 0 Å². The Morgan fingerprint density at radius 1 is 1.44 bits per heavy atom. The number of nitrogens with one attached hydrogen (secondary N) is 1. The van der Waals surface area contributed by atoms with Crippen molar-refractivity contribution >= 4 is 23.5 Å². The molecule has 0 saturated heterocycles. The molecule has 7 nitrogen and oxygen atoms in total. The summed E-state index contributed by atoms with van der Waals surface area (Å²) in [5.74, 6) is -0.932. The second-order valence-electron chi connectivity index (χ2n) is 3.27. The molecule has 0 bridgehead atoms. The maximum atomic E-state index is 11.2. The number of anilines is 1. The minimum atomic E-state index is -1.05. The quantitative estimate of drug-likeness (QED) is 0.693. The van der Waals surface area contributed by atoms with Crippen LogP contribution in [0.3, 0.4) is 0 Å². The number of carboxylic acids is 1. The van der Waals surface area contributed by atoms with Crippen LogP contribution in [0.1, 0.15) is 10.4 Å². The molecular weight excluding hydrogens is 256 g/mol. The third-order valence-corrected chi connectivity index (χ3v) is 2.76. The largest absolute Gasteiger partial charge is 0.478 e. The Hall–Kier alpha value is -2.35. The molecule has 2 heterocycles. The van der Waals surface area contributed by atoms with Gasteiger partial charge >= 0.3 is 5.97 Å². The van der Waals surface area contributed by atoms with Crippen LogP contribution < -0.4 is 11.3 Å².